The first-order valence-corrected chi connectivity index (χ1v) is 9.62. The number of carbonyl (C=O) groups excluding carboxylic acids is 2. The molecular formula is C19H28N4O4. The van der Waals surface area contributed by atoms with Crippen molar-refractivity contribution in [3.05, 3.63) is 23.9 Å². The van der Waals surface area contributed by atoms with Crippen LogP contribution in [0, 0.1) is 5.92 Å². The molecule has 148 valence electrons. The third kappa shape index (κ3) is 5.17. The third-order valence-electron chi connectivity index (χ3n) is 5.29. The molecule has 2 saturated heterocycles. The molecule has 1 atom stereocenters. The smallest absolute Gasteiger partial charge is 0.255 e. The van der Waals surface area contributed by atoms with E-state index in [1.54, 1.807) is 12.1 Å². The molecule has 0 aliphatic carbocycles. The van der Waals surface area contributed by atoms with Crippen LogP contribution in [-0.4, -0.2) is 82.2 Å². The lowest BCUT2D eigenvalue weighted by molar-refractivity contribution is -0.128. The molecule has 3 rings (SSSR count). The maximum absolute atomic E-state index is 12.7. The molecule has 2 aliphatic heterocycles. The molecule has 3 heterocycles. The van der Waals surface area contributed by atoms with Crippen LogP contribution in [0.4, 0.5) is 5.82 Å². The Balaban J connectivity index is 1.46. The van der Waals surface area contributed by atoms with Crippen molar-refractivity contribution in [1.29, 1.82) is 0 Å². The minimum Gasteiger partial charge on any atom is -0.394 e. The molecule has 2 amide bonds. The highest BCUT2D eigenvalue weighted by Gasteiger charge is 2.28. The third-order valence-corrected chi connectivity index (χ3v) is 5.29. The molecular weight excluding hydrogens is 348 g/mol. The zero-order valence-electron chi connectivity index (χ0n) is 15.5. The SMILES string of the molecule is O=C1CCCN1CC1CCN(C(=O)c2ccc(NC[C@H](O)CO)nc2)CC1. The van der Waals surface area contributed by atoms with Gasteiger partial charge in [0.25, 0.3) is 5.91 Å². The van der Waals surface area contributed by atoms with Crippen molar-refractivity contribution in [2.45, 2.75) is 31.8 Å². The average molecular weight is 376 g/mol. The minimum atomic E-state index is -0.842. The first kappa shape index (κ1) is 19.6. The van der Waals surface area contributed by atoms with Crippen molar-refractivity contribution in [2.75, 3.05) is 44.6 Å². The fraction of sp³-hybridized carbons (Fsp3) is 0.632. The number of piperidine rings is 1. The Hall–Kier alpha value is -2.19. The summed E-state index contributed by atoms with van der Waals surface area (Å²) in [4.78, 5) is 32.4. The number of aromatic nitrogens is 1. The molecule has 3 N–H and O–H groups in total. The molecule has 0 saturated carbocycles. The Morgan fingerprint density at radius 1 is 1.30 bits per heavy atom. The molecule has 8 nitrogen and oxygen atoms in total. The highest BCUT2D eigenvalue weighted by molar-refractivity contribution is 5.94. The summed E-state index contributed by atoms with van der Waals surface area (Å²) in [5, 5.41) is 21.0. The fourth-order valence-electron chi connectivity index (χ4n) is 3.62. The van der Waals surface area contributed by atoms with Crippen LogP contribution in [0.3, 0.4) is 0 Å². The van der Waals surface area contributed by atoms with E-state index in [9.17, 15) is 14.7 Å². The second-order valence-electron chi connectivity index (χ2n) is 7.33. The monoisotopic (exact) mass is 376 g/mol. The number of anilines is 1. The van der Waals surface area contributed by atoms with Gasteiger partial charge in [0, 0.05) is 45.3 Å². The van der Waals surface area contributed by atoms with E-state index in [1.807, 2.05) is 9.80 Å². The number of aliphatic hydroxyl groups is 2. The van der Waals surface area contributed by atoms with Gasteiger partial charge in [0.15, 0.2) is 0 Å². The quantitative estimate of drug-likeness (QED) is 0.633. The lowest BCUT2D eigenvalue weighted by Gasteiger charge is -2.34. The van der Waals surface area contributed by atoms with Gasteiger partial charge < -0.3 is 25.3 Å². The summed E-state index contributed by atoms with van der Waals surface area (Å²) in [6, 6.07) is 3.42. The molecule has 0 unspecified atom stereocenters. The van der Waals surface area contributed by atoms with Gasteiger partial charge in [0.1, 0.15) is 5.82 Å². The molecule has 27 heavy (non-hydrogen) atoms. The van der Waals surface area contributed by atoms with Gasteiger partial charge in [0.2, 0.25) is 5.91 Å². The predicted molar refractivity (Wildman–Crippen MR) is 100 cm³/mol. The van der Waals surface area contributed by atoms with Crippen LogP contribution in [-0.2, 0) is 4.79 Å². The number of hydrogen-bond donors (Lipinski definition) is 3. The average Bonchev–Trinajstić information content (AvgIpc) is 3.11. The highest BCUT2D eigenvalue weighted by atomic mass is 16.3. The summed E-state index contributed by atoms with van der Waals surface area (Å²) in [5.74, 6) is 1.26. The van der Waals surface area contributed by atoms with Gasteiger partial charge in [-0.1, -0.05) is 0 Å². The molecule has 0 spiro atoms. The summed E-state index contributed by atoms with van der Waals surface area (Å²) in [6.45, 7) is 2.99. The maximum Gasteiger partial charge on any atom is 0.255 e. The van der Waals surface area contributed by atoms with Crippen molar-refractivity contribution in [2.24, 2.45) is 5.92 Å². The van der Waals surface area contributed by atoms with Crippen LogP contribution in [0.1, 0.15) is 36.0 Å². The Labute approximate surface area is 159 Å². The Morgan fingerprint density at radius 3 is 2.67 bits per heavy atom. The number of pyridine rings is 1. The molecule has 8 heteroatoms. The van der Waals surface area contributed by atoms with Crippen molar-refractivity contribution in [1.82, 2.24) is 14.8 Å². The Kier molecular flexibility index (Phi) is 6.63. The van der Waals surface area contributed by atoms with Crippen molar-refractivity contribution < 1.29 is 19.8 Å². The Bertz CT molecular complexity index is 644. The molecule has 0 bridgehead atoms. The van der Waals surface area contributed by atoms with Crippen molar-refractivity contribution >= 4 is 17.6 Å². The largest absolute Gasteiger partial charge is 0.394 e. The molecule has 1 aromatic rings. The van der Waals surface area contributed by atoms with Crippen LogP contribution in [0.5, 0.6) is 0 Å². The number of likely N-dealkylation sites (tertiary alicyclic amines) is 2. The normalized spacial score (nSPS) is 19.4. The number of nitrogens with zero attached hydrogens (tertiary/aromatic N) is 3. The van der Waals surface area contributed by atoms with Crippen molar-refractivity contribution in [3.63, 3.8) is 0 Å². The summed E-state index contributed by atoms with van der Waals surface area (Å²) in [5.41, 5.74) is 0.538. The number of carbonyl (C=O) groups is 2. The van der Waals surface area contributed by atoms with Crippen LogP contribution >= 0.6 is 0 Å². The molecule has 2 fully saturated rings. The van der Waals surface area contributed by atoms with Crippen LogP contribution in [0.15, 0.2) is 18.3 Å². The highest BCUT2D eigenvalue weighted by Crippen LogP contribution is 2.22. The summed E-state index contributed by atoms with van der Waals surface area (Å²) in [7, 11) is 0. The van der Waals surface area contributed by atoms with Crippen molar-refractivity contribution in [3.8, 4) is 0 Å². The van der Waals surface area contributed by atoms with Crippen LogP contribution < -0.4 is 5.32 Å². The summed E-state index contributed by atoms with van der Waals surface area (Å²) in [6.07, 6.45) is 4.17. The van der Waals surface area contributed by atoms with E-state index in [0.717, 1.165) is 32.4 Å². The van der Waals surface area contributed by atoms with E-state index in [1.165, 1.54) is 6.20 Å². The fourth-order valence-corrected chi connectivity index (χ4v) is 3.62. The molecule has 0 radical (unpaired) electrons. The van der Waals surface area contributed by atoms with Gasteiger partial charge in [-0.05, 0) is 37.3 Å². The van der Waals surface area contributed by atoms with Gasteiger partial charge in [-0.2, -0.15) is 0 Å². The van der Waals surface area contributed by atoms with E-state index in [0.29, 0.717) is 36.8 Å². The second kappa shape index (κ2) is 9.14. The zero-order chi connectivity index (χ0) is 19.2. The van der Waals surface area contributed by atoms with Crippen LogP contribution in [0.2, 0.25) is 0 Å². The number of hydrogen-bond acceptors (Lipinski definition) is 6. The number of amides is 2. The summed E-state index contributed by atoms with van der Waals surface area (Å²) < 4.78 is 0. The lowest BCUT2D eigenvalue weighted by Crippen LogP contribution is -2.41. The molecule has 1 aromatic heterocycles. The molecule has 0 aromatic carbocycles. The lowest BCUT2D eigenvalue weighted by atomic mass is 9.96. The van der Waals surface area contributed by atoms with Gasteiger partial charge >= 0.3 is 0 Å². The van der Waals surface area contributed by atoms with E-state index in [4.69, 9.17) is 5.11 Å². The van der Waals surface area contributed by atoms with Gasteiger partial charge in [0.05, 0.1) is 18.3 Å². The number of nitrogens with one attached hydrogen (secondary N) is 1. The van der Waals surface area contributed by atoms with E-state index in [2.05, 4.69) is 10.3 Å². The first-order chi connectivity index (χ1) is 13.1. The second-order valence-corrected chi connectivity index (χ2v) is 7.33. The number of aliphatic hydroxyl groups excluding tert-OH is 2. The van der Waals surface area contributed by atoms with E-state index >= 15 is 0 Å². The van der Waals surface area contributed by atoms with Gasteiger partial charge in [-0.25, -0.2) is 4.98 Å². The topological polar surface area (TPSA) is 106 Å². The van der Waals surface area contributed by atoms with E-state index in [-0.39, 0.29) is 25.0 Å². The first-order valence-electron chi connectivity index (χ1n) is 9.62. The van der Waals surface area contributed by atoms with Crippen LogP contribution in [0.25, 0.3) is 0 Å². The maximum atomic E-state index is 12.7. The molecule has 2 aliphatic rings. The minimum absolute atomic E-state index is 0.0276. The standard InChI is InChI=1S/C19H28N4O4/c24-13-16(25)11-21-17-4-3-15(10-20-17)19(27)22-8-5-14(6-9-22)12-23-7-1-2-18(23)26/h3-4,10,14,16,24-25H,1-2,5-9,11-13H2,(H,20,21)/t16-/m0/s1. The summed E-state index contributed by atoms with van der Waals surface area (Å²) >= 11 is 0. The van der Waals surface area contributed by atoms with Gasteiger partial charge in [-0.15, -0.1) is 0 Å². The predicted octanol–water partition coefficient (Wildman–Crippen LogP) is 0.321. The number of rotatable bonds is 7. The zero-order valence-corrected chi connectivity index (χ0v) is 15.5. The Morgan fingerprint density at radius 2 is 2.07 bits per heavy atom. The van der Waals surface area contributed by atoms with Gasteiger partial charge in [-0.3, -0.25) is 9.59 Å². The van der Waals surface area contributed by atoms with E-state index < -0.39 is 6.10 Å².